The second-order valence-electron chi connectivity index (χ2n) is 5.56. The Kier molecular flexibility index (Phi) is 5.01. The van der Waals surface area contributed by atoms with E-state index < -0.39 is 29.1 Å². The fourth-order valence-electron chi connectivity index (χ4n) is 2.59. The number of nitrogens with zero attached hydrogens (tertiary/aromatic N) is 1. The summed E-state index contributed by atoms with van der Waals surface area (Å²) >= 11 is 0. The van der Waals surface area contributed by atoms with Crippen molar-refractivity contribution in [1.29, 1.82) is 0 Å². The largest absolute Gasteiger partial charge is 0.454 e. The lowest BCUT2D eigenvalue weighted by molar-refractivity contribution is -0.116. The van der Waals surface area contributed by atoms with Crippen LogP contribution in [0.25, 0.3) is 0 Å². The van der Waals surface area contributed by atoms with Gasteiger partial charge in [-0.3, -0.25) is 9.59 Å². The second kappa shape index (κ2) is 7.38. The first kappa shape index (κ1) is 17.7. The molecule has 0 saturated heterocycles. The number of halogens is 2. The normalized spacial score (nSPS) is 12.0. The van der Waals surface area contributed by atoms with Crippen molar-refractivity contribution in [2.75, 3.05) is 24.8 Å². The fraction of sp³-hybridized carbons (Fsp3) is 0.222. The highest BCUT2D eigenvalue weighted by molar-refractivity contribution is 5.95. The Bertz CT molecular complexity index is 837. The van der Waals surface area contributed by atoms with E-state index in [1.807, 2.05) is 0 Å². The summed E-state index contributed by atoms with van der Waals surface area (Å²) in [6.45, 7) is 1.23. The highest BCUT2D eigenvalue weighted by Crippen LogP contribution is 2.32. The maximum Gasteiger partial charge on any atom is 0.251 e. The van der Waals surface area contributed by atoms with E-state index >= 15 is 0 Å². The maximum absolute atomic E-state index is 13.9. The quantitative estimate of drug-likeness (QED) is 0.887. The summed E-state index contributed by atoms with van der Waals surface area (Å²) < 4.78 is 38.2. The minimum Gasteiger partial charge on any atom is -0.454 e. The van der Waals surface area contributed by atoms with Gasteiger partial charge < -0.3 is 19.7 Å². The summed E-state index contributed by atoms with van der Waals surface area (Å²) in [6.07, 6.45) is 0. The topological polar surface area (TPSA) is 67.9 Å². The zero-order chi connectivity index (χ0) is 18.7. The molecule has 1 aliphatic rings. The molecule has 6 nitrogen and oxygen atoms in total. The minimum atomic E-state index is -0.845. The number of hydrogen-bond donors (Lipinski definition) is 1. The molecule has 2 aromatic carbocycles. The van der Waals surface area contributed by atoms with E-state index in [-0.39, 0.29) is 19.9 Å². The van der Waals surface area contributed by atoms with E-state index in [1.54, 1.807) is 12.1 Å². The molecule has 8 heteroatoms. The van der Waals surface area contributed by atoms with Crippen LogP contribution in [-0.4, -0.2) is 31.7 Å². The third-order valence-electron chi connectivity index (χ3n) is 3.84. The van der Waals surface area contributed by atoms with Gasteiger partial charge in [-0.15, -0.1) is 0 Å². The van der Waals surface area contributed by atoms with Crippen LogP contribution in [0.4, 0.5) is 14.5 Å². The lowest BCUT2D eigenvalue weighted by atomic mass is 10.2. The molecule has 0 unspecified atom stereocenters. The summed E-state index contributed by atoms with van der Waals surface area (Å²) in [6, 6.07) is 8.08. The fourth-order valence-corrected chi connectivity index (χ4v) is 2.59. The Hall–Kier alpha value is -3.16. The number of hydrogen-bond acceptors (Lipinski definition) is 4. The molecule has 136 valence electrons. The summed E-state index contributed by atoms with van der Waals surface area (Å²) in [4.78, 5) is 24.9. The van der Waals surface area contributed by atoms with Crippen molar-refractivity contribution in [1.82, 2.24) is 5.32 Å². The number of rotatable bonds is 5. The predicted molar refractivity (Wildman–Crippen MR) is 89.3 cm³/mol. The molecule has 0 aromatic heterocycles. The predicted octanol–water partition coefficient (Wildman–Crippen LogP) is 2.48. The molecule has 0 spiro atoms. The molecule has 0 bridgehead atoms. The number of carbonyl (C=O) groups excluding carboxylic acids is 2. The lowest BCUT2D eigenvalue weighted by Crippen LogP contribution is -2.38. The third-order valence-corrected chi connectivity index (χ3v) is 3.84. The molecular weight excluding hydrogens is 346 g/mol. The Balaban J connectivity index is 1.65. The molecular formula is C18H16F2N2O4. The van der Waals surface area contributed by atoms with Crippen molar-refractivity contribution >= 4 is 17.5 Å². The standard InChI is InChI=1S/C18H16F2N2O4/c1-11(23)22(17-13(19)3-2-4-14(17)20)8-7-21-18(24)12-5-6-15-16(9-12)26-10-25-15/h2-6,9H,7-8,10H2,1H3,(H,21,24). The molecule has 0 saturated carbocycles. The van der Waals surface area contributed by atoms with Crippen molar-refractivity contribution in [3.05, 3.63) is 53.6 Å². The van der Waals surface area contributed by atoms with Crippen LogP contribution < -0.4 is 19.7 Å². The Morgan fingerprint density at radius 1 is 1.12 bits per heavy atom. The maximum atomic E-state index is 13.9. The van der Waals surface area contributed by atoms with Crippen molar-refractivity contribution in [2.45, 2.75) is 6.92 Å². The number of amides is 2. The van der Waals surface area contributed by atoms with Crippen LogP contribution >= 0.6 is 0 Å². The van der Waals surface area contributed by atoms with Crippen LogP contribution in [0.1, 0.15) is 17.3 Å². The number of benzene rings is 2. The Morgan fingerprint density at radius 2 is 1.81 bits per heavy atom. The molecule has 0 fully saturated rings. The van der Waals surface area contributed by atoms with Gasteiger partial charge in [0, 0.05) is 25.6 Å². The van der Waals surface area contributed by atoms with Gasteiger partial charge in [-0.1, -0.05) is 6.07 Å². The van der Waals surface area contributed by atoms with Crippen LogP contribution in [0, 0.1) is 11.6 Å². The second-order valence-corrected chi connectivity index (χ2v) is 5.56. The van der Waals surface area contributed by atoms with Gasteiger partial charge in [-0.05, 0) is 30.3 Å². The number of para-hydroxylation sites is 1. The molecule has 0 atom stereocenters. The van der Waals surface area contributed by atoms with E-state index in [1.165, 1.54) is 19.1 Å². The van der Waals surface area contributed by atoms with Gasteiger partial charge in [0.25, 0.3) is 5.91 Å². The average Bonchev–Trinajstić information content (AvgIpc) is 3.07. The molecule has 0 radical (unpaired) electrons. The molecule has 3 rings (SSSR count). The SMILES string of the molecule is CC(=O)N(CCNC(=O)c1ccc2c(c1)OCO2)c1c(F)cccc1F. The molecule has 1 heterocycles. The number of fused-ring (bicyclic) bond motifs is 1. The molecule has 0 aliphatic carbocycles. The van der Waals surface area contributed by atoms with Crippen molar-refractivity contribution in [2.24, 2.45) is 0 Å². The van der Waals surface area contributed by atoms with Crippen molar-refractivity contribution < 1.29 is 27.8 Å². The van der Waals surface area contributed by atoms with Crippen LogP contribution in [0.5, 0.6) is 11.5 Å². The zero-order valence-electron chi connectivity index (χ0n) is 13.9. The monoisotopic (exact) mass is 362 g/mol. The summed E-state index contributed by atoms with van der Waals surface area (Å²) in [7, 11) is 0. The van der Waals surface area contributed by atoms with Gasteiger partial charge in [0.05, 0.1) is 0 Å². The molecule has 2 amide bonds. The zero-order valence-corrected chi connectivity index (χ0v) is 13.9. The van der Waals surface area contributed by atoms with E-state index in [0.29, 0.717) is 17.1 Å². The number of nitrogens with one attached hydrogen (secondary N) is 1. The highest BCUT2D eigenvalue weighted by atomic mass is 19.1. The summed E-state index contributed by atoms with van der Waals surface area (Å²) in [5.41, 5.74) is -0.0852. The lowest BCUT2D eigenvalue weighted by Gasteiger charge is -2.22. The van der Waals surface area contributed by atoms with E-state index in [2.05, 4.69) is 5.32 Å². The van der Waals surface area contributed by atoms with Crippen molar-refractivity contribution in [3.63, 3.8) is 0 Å². The average molecular weight is 362 g/mol. The van der Waals surface area contributed by atoms with Crippen LogP contribution in [-0.2, 0) is 4.79 Å². The molecule has 26 heavy (non-hydrogen) atoms. The third kappa shape index (κ3) is 3.58. The first-order chi connectivity index (χ1) is 12.5. The van der Waals surface area contributed by atoms with Crippen LogP contribution in [0.3, 0.4) is 0 Å². The van der Waals surface area contributed by atoms with E-state index in [4.69, 9.17) is 9.47 Å². The first-order valence-electron chi connectivity index (χ1n) is 7.87. The smallest absolute Gasteiger partial charge is 0.251 e. The van der Waals surface area contributed by atoms with Gasteiger partial charge in [-0.2, -0.15) is 0 Å². The highest BCUT2D eigenvalue weighted by Gasteiger charge is 2.20. The van der Waals surface area contributed by atoms with E-state index in [0.717, 1.165) is 17.0 Å². The minimum absolute atomic E-state index is 0.0145. The molecule has 2 aromatic rings. The summed E-state index contributed by atoms with van der Waals surface area (Å²) in [5, 5.41) is 2.61. The van der Waals surface area contributed by atoms with Gasteiger partial charge in [0.15, 0.2) is 11.5 Å². The summed E-state index contributed by atoms with van der Waals surface area (Å²) in [5.74, 6) is -1.60. The van der Waals surface area contributed by atoms with Gasteiger partial charge in [-0.25, -0.2) is 8.78 Å². The molecule has 1 aliphatic heterocycles. The molecule has 1 N–H and O–H groups in total. The number of carbonyl (C=O) groups is 2. The van der Waals surface area contributed by atoms with Gasteiger partial charge >= 0.3 is 0 Å². The first-order valence-corrected chi connectivity index (χ1v) is 7.87. The van der Waals surface area contributed by atoms with Gasteiger partial charge in [0.2, 0.25) is 12.7 Å². The Labute approximate surface area is 148 Å². The van der Waals surface area contributed by atoms with Crippen LogP contribution in [0.2, 0.25) is 0 Å². The van der Waals surface area contributed by atoms with E-state index in [9.17, 15) is 18.4 Å². The van der Waals surface area contributed by atoms with Crippen molar-refractivity contribution in [3.8, 4) is 11.5 Å². The number of anilines is 1. The number of ether oxygens (including phenoxy) is 2. The van der Waals surface area contributed by atoms with Crippen LogP contribution in [0.15, 0.2) is 36.4 Å². The van der Waals surface area contributed by atoms with Gasteiger partial charge in [0.1, 0.15) is 17.3 Å². The Morgan fingerprint density at radius 3 is 2.50 bits per heavy atom.